The van der Waals surface area contributed by atoms with E-state index in [0.29, 0.717) is 0 Å². The van der Waals surface area contributed by atoms with E-state index in [1.54, 1.807) is 0 Å². The second kappa shape index (κ2) is 5.84. The molecule has 110 valence electrons. The molecular formula is C11H7Cl2N3O4S. The van der Waals surface area contributed by atoms with Crippen molar-refractivity contribution in [1.82, 2.24) is 4.98 Å². The van der Waals surface area contributed by atoms with Crippen molar-refractivity contribution in [2.75, 3.05) is 4.72 Å². The van der Waals surface area contributed by atoms with E-state index in [1.165, 1.54) is 18.3 Å². The molecule has 0 aliphatic rings. The number of non-ortho nitro benzene ring substituents is 1. The Labute approximate surface area is 129 Å². The number of halogens is 2. The summed E-state index contributed by atoms with van der Waals surface area (Å²) in [6, 6.07) is 4.70. The van der Waals surface area contributed by atoms with E-state index >= 15 is 0 Å². The molecule has 0 aliphatic carbocycles. The average molecular weight is 348 g/mol. The highest BCUT2D eigenvalue weighted by Crippen LogP contribution is 2.29. The van der Waals surface area contributed by atoms with E-state index in [0.717, 1.165) is 18.3 Å². The maximum Gasteiger partial charge on any atom is 0.271 e. The summed E-state index contributed by atoms with van der Waals surface area (Å²) in [5.74, 6) is 0. The molecule has 0 aliphatic heterocycles. The zero-order valence-electron chi connectivity index (χ0n) is 10.2. The Morgan fingerprint density at radius 3 is 2.48 bits per heavy atom. The molecule has 0 saturated carbocycles. The van der Waals surface area contributed by atoms with Gasteiger partial charge in [0.05, 0.1) is 20.7 Å². The van der Waals surface area contributed by atoms with Crippen LogP contribution in [-0.2, 0) is 10.0 Å². The fraction of sp³-hybridized carbons (Fsp3) is 0. The van der Waals surface area contributed by atoms with Gasteiger partial charge in [0.1, 0.15) is 4.90 Å². The Kier molecular flexibility index (Phi) is 4.31. The van der Waals surface area contributed by atoms with Gasteiger partial charge in [0.2, 0.25) is 0 Å². The molecule has 0 bridgehead atoms. The molecule has 0 atom stereocenters. The highest BCUT2D eigenvalue weighted by Gasteiger charge is 2.20. The van der Waals surface area contributed by atoms with Crippen LogP contribution in [0.4, 0.5) is 11.4 Å². The minimum atomic E-state index is -4.00. The fourth-order valence-corrected chi connectivity index (χ4v) is 3.25. The van der Waals surface area contributed by atoms with Crippen molar-refractivity contribution in [3.63, 3.8) is 0 Å². The van der Waals surface area contributed by atoms with E-state index in [4.69, 9.17) is 23.2 Å². The maximum atomic E-state index is 12.2. The van der Waals surface area contributed by atoms with E-state index in [-0.39, 0.29) is 26.3 Å². The van der Waals surface area contributed by atoms with Crippen molar-refractivity contribution in [3.05, 3.63) is 56.8 Å². The number of nitrogens with zero attached hydrogens (tertiary/aromatic N) is 2. The van der Waals surface area contributed by atoms with E-state index < -0.39 is 14.9 Å². The largest absolute Gasteiger partial charge is 0.278 e. The van der Waals surface area contributed by atoms with Gasteiger partial charge in [-0.05, 0) is 12.1 Å². The lowest BCUT2D eigenvalue weighted by molar-refractivity contribution is -0.384. The second-order valence-corrected chi connectivity index (χ2v) is 6.30. The minimum absolute atomic E-state index is 0.00202. The van der Waals surface area contributed by atoms with E-state index in [2.05, 4.69) is 9.71 Å². The Morgan fingerprint density at radius 2 is 1.90 bits per heavy atom. The number of hydrogen-bond donors (Lipinski definition) is 1. The molecule has 0 fully saturated rings. The van der Waals surface area contributed by atoms with Crippen LogP contribution >= 0.6 is 23.2 Å². The average Bonchev–Trinajstić information content (AvgIpc) is 2.41. The van der Waals surface area contributed by atoms with Crippen LogP contribution in [0, 0.1) is 10.1 Å². The summed E-state index contributed by atoms with van der Waals surface area (Å²) in [6.07, 6.45) is 2.43. The number of anilines is 1. The van der Waals surface area contributed by atoms with Crippen molar-refractivity contribution >= 4 is 44.6 Å². The van der Waals surface area contributed by atoms with Crippen LogP contribution < -0.4 is 4.72 Å². The smallest absolute Gasteiger partial charge is 0.271 e. The lowest BCUT2D eigenvalue weighted by Gasteiger charge is -2.10. The molecule has 0 amide bonds. The minimum Gasteiger partial charge on any atom is -0.278 e. The van der Waals surface area contributed by atoms with Gasteiger partial charge in [0.15, 0.2) is 0 Å². The Morgan fingerprint density at radius 1 is 1.19 bits per heavy atom. The van der Waals surface area contributed by atoms with Crippen molar-refractivity contribution in [3.8, 4) is 0 Å². The molecule has 21 heavy (non-hydrogen) atoms. The molecule has 1 N–H and O–H groups in total. The lowest BCUT2D eigenvalue weighted by Crippen LogP contribution is -2.14. The third-order valence-electron chi connectivity index (χ3n) is 2.43. The van der Waals surface area contributed by atoms with Crippen molar-refractivity contribution in [2.45, 2.75) is 4.90 Å². The summed E-state index contributed by atoms with van der Waals surface area (Å²) in [7, 11) is -4.00. The first-order chi connectivity index (χ1) is 9.81. The molecule has 2 rings (SSSR count). The Hall–Kier alpha value is -1.90. The quantitative estimate of drug-likeness (QED) is 0.676. The first-order valence-electron chi connectivity index (χ1n) is 5.37. The van der Waals surface area contributed by atoms with Gasteiger partial charge in [-0.15, -0.1) is 0 Å². The van der Waals surface area contributed by atoms with Crippen LogP contribution in [0.15, 0.2) is 41.6 Å². The number of aromatic nitrogens is 1. The number of nitro benzene ring substituents is 1. The third kappa shape index (κ3) is 3.41. The third-order valence-corrected chi connectivity index (χ3v) is 4.58. The first kappa shape index (κ1) is 15.5. The predicted octanol–water partition coefficient (Wildman–Crippen LogP) is 3.10. The summed E-state index contributed by atoms with van der Waals surface area (Å²) in [6.45, 7) is 0. The first-order valence-corrected chi connectivity index (χ1v) is 7.61. The van der Waals surface area contributed by atoms with Crippen molar-refractivity contribution in [1.29, 1.82) is 0 Å². The van der Waals surface area contributed by atoms with Gasteiger partial charge in [-0.25, -0.2) is 8.42 Å². The molecule has 0 spiro atoms. The van der Waals surface area contributed by atoms with Crippen LogP contribution in [-0.4, -0.2) is 18.3 Å². The van der Waals surface area contributed by atoms with E-state index in [9.17, 15) is 18.5 Å². The molecule has 1 aromatic carbocycles. The number of rotatable bonds is 4. The van der Waals surface area contributed by atoms with Crippen molar-refractivity contribution < 1.29 is 13.3 Å². The molecule has 1 heterocycles. The molecular weight excluding hydrogens is 341 g/mol. The Balaban J connectivity index is 2.38. The number of nitro groups is 1. The molecule has 1 aromatic heterocycles. The van der Waals surface area contributed by atoms with Gasteiger partial charge >= 0.3 is 0 Å². The number of sulfonamides is 1. The molecule has 10 heteroatoms. The van der Waals surface area contributed by atoms with Gasteiger partial charge in [-0.1, -0.05) is 23.2 Å². The summed E-state index contributed by atoms with van der Waals surface area (Å²) < 4.78 is 26.5. The van der Waals surface area contributed by atoms with E-state index in [1.807, 2.05) is 0 Å². The monoisotopic (exact) mass is 347 g/mol. The van der Waals surface area contributed by atoms with Crippen LogP contribution in [0.3, 0.4) is 0 Å². The zero-order valence-corrected chi connectivity index (χ0v) is 12.5. The normalized spacial score (nSPS) is 11.1. The molecule has 0 radical (unpaired) electrons. The van der Waals surface area contributed by atoms with Crippen LogP contribution in [0.1, 0.15) is 0 Å². The van der Waals surface area contributed by atoms with Crippen molar-refractivity contribution in [2.24, 2.45) is 0 Å². The van der Waals surface area contributed by atoms with Gasteiger partial charge in [0.25, 0.3) is 15.7 Å². The highest BCUT2D eigenvalue weighted by atomic mass is 35.5. The number of benzene rings is 1. The zero-order chi connectivity index (χ0) is 15.6. The SMILES string of the molecule is O=[N+]([O-])c1ccc(NS(=O)(=O)c2cnccc2Cl)c(Cl)c1. The highest BCUT2D eigenvalue weighted by molar-refractivity contribution is 7.92. The summed E-state index contributed by atoms with van der Waals surface area (Å²) in [5.41, 5.74) is -0.246. The van der Waals surface area contributed by atoms with Gasteiger partial charge in [0, 0.05) is 24.5 Å². The molecule has 0 saturated heterocycles. The summed E-state index contributed by atoms with van der Waals surface area (Å²) >= 11 is 11.6. The summed E-state index contributed by atoms with van der Waals surface area (Å²) in [5, 5.41) is 10.5. The number of pyridine rings is 1. The Bertz CT molecular complexity index is 811. The standard InChI is InChI=1S/C11H7Cl2N3O4S/c12-8-3-4-14-6-11(8)21(19,20)15-10-2-1-7(16(17)18)5-9(10)13/h1-6,15H. The number of hydrogen-bond acceptors (Lipinski definition) is 5. The lowest BCUT2D eigenvalue weighted by atomic mass is 10.3. The predicted molar refractivity (Wildman–Crippen MR) is 78.2 cm³/mol. The topological polar surface area (TPSA) is 102 Å². The maximum absolute atomic E-state index is 12.2. The number of nitrogens with one attached hydrogen (secondary N) is 1. The van der Waals surface area contributed by atoms with Crippen LogP contribution in [0.5, 0.6) is 0 Å². The fourth-order valence-electron chi connectivity index (χ4n) is 1.46. The van der Waals surface area contributed by atoms with Gasteiger partial charge in [-0.3, -0.25) is 19.8 Å². The molecule has 0 unspecified atom stereocenters. The van der Waals surface area contributed by atoms with Crippen LogP contribution in [0.2, 0.25) is 10.0 Å². The molecule has 2 aromatic rings. The van der Waals surface area contributed by atoms with Gasteiger partial charge in [-0.2, -0.15) is 0 Å². The van der Waals surface area contributed by atoms with Gasteiger partial charge < -0.3 is 0 Å². The second-order valence-electron chi connectivity index (χ2n) is 3.83. The van der Waals surface area contributed by atoms with Crippen LogP contribution in [0.25, 0.3) is 0 Å². The summed E-state index contributed by atoms with van der Waals surface area (Å²) in [4.78, 5) is 13.4. The molecule has 7 nitrogen and oxygen atoms in total.